The first-order valence-electron chi connectivity index (χ1n) is 6.73. The molecule has 0 heterocycles. The maximum atomic E-state index is 12.2. The molecule has 0 saturated heterocycles. The maximum Gasteiger partial charge on any atom is 0.297 e. The molecule has 0 aliphatic heterocycles. The second kappa shape index (κ2) is 6.03. The van der Waals surface area contributed by atoms with E-state index in [4.69, 9.17) is 9.92 Å². The molecule has 1 aliphatic rings. The van der Waals surface area contributed by atoms with Crippen LogP contribution in [0.3, 0.4) is 0 Å². The normalized spacial score (nSPS) is 18.6. The summed E-state index contributed by atoms with van der Waals surface area (Å²) in [7, 11) is -3.71. The number of hydrogen-bond acceptors (Lipinski definition) is 4. The van der Waals surface area contributed by atoms with Crippen molar-refractivity contribution in [1.29, 1.82) is 0 Å². The van der Waals surface area contributed by atoms with Crippen LogP contribution in [0.4, 0.5) is 0 Å². The SMILES string of the molecule is Cc1ccc(S(=O)(=O)OC(CN)C2CCCC2)cc1. The predicted octanol–water partition coefficient (Wildman–Crippen LogP) is 2.22. The number of nitrogens with two attached hydrogens (primary N) is 1. The molecule has 0 amide bonds. The first-order valence-corrected chi connectivity index (χ1v) is 8.14. The van der Waals surface area contributed by atoms with Crippen LogP contribution >= 0.6 is 0 Å². The van der Waals surface area contributed by atoms with Crippen LogP contribution in [0.15, 0.2) is 29.2 Å². The number of benzene rings is 1. The molecule has 2 N–H and O–H groups in total. The first kappa shape index (κ1) is 14.5. The van der Waals surface area contributed by atoms with E-state index in [1.54, 1.807) is 24.3 Å². The van der Waals surface area contributed by atoms with E-state index in [9.17, 15) is 8.42 Å². The van der Waals surface area contributed by atoms with Gasteiger partial charge in [-0.2, -0.15) is 8.42 Å². The molecule has 1 aromatic rings. The molecule has 19 heavy (non-hydrogen) atoms. The van der Waals surface area contributed by atoms with Crippen molar-refractivity contribution in [3.63, 3.8) is 0 Å². The minimum atomic E-state index is -3.71. The Morgan fingerprint density at radius 1 is 1.26 bits per heavy atom. The lowest BCUT2D eigenvalue weighted by atomic mass is 10.0. The van der Waals surface area contributed by atoms with Crippen molar-refractivity contribution in [1.82, 2.24) is 0 Å². The van der Waals surface area contributed by atoms with Gasteiger partial charge in [-0.15, -0.1) is 0 Å². The van der Waals surface area contributed by atoms with Gasteiger partial charge in [-0.1, -0.05) is 30.5 Å². The third kappa shape index (κ3) is 3.55. The van der Waals surface area contributed by atoms with E-state index in [2.05, 4.69) is 0 Å². The van der Waals surface area contributed by atoms with Crippen molar-refractivity contribution < 1.29 is 12.6 Å². The lowest BCUT2D eigenvalue weighted by molar-refractivity contribution is 0.151. The van der Waals surface area contributed by atoms with Gasteiger partial charge in [0.15, 0.2) is 0 Å². The van der Waals surface area contributed by atoms with Crippen molar-refractivity contribution in [3.05, 3.63) is 29.8 Å². The first-order chi connectivity index (χ1) is 9.03. The molecule has 106 valence electrons. The van der Waals surface area contributed by atoms with Crippen molar-refractivity contribution in [3.8, 4) is 0 Å². The summed E-state index contributed by atoms with van der Waals surface area (Å²) >= 11 is 0. The van der Waals surface area contributed by atoms with E-state index in [0.29, 0.717) is 0 Å². The van der Waals surface area contributed by atoms with Crippen molar-refractivity contribution >= 4 is 10.1 Å². The summed E-state index contributed by atoms with van der Waals surface area (Å²) in [6.45, 7) is 2.16. The molecule has 0 bridgehead atoms. The monoisotopic (exact) mass is 283 g/mol. The Morgan fingerprint density at radius 3 is 2.37 bits per heavy atom. The van der Waals surface area contributed by atoms with Crippen LogP contribution in [0.1, 0.15) is 31.2 Å². The summed E-state index contributed by atoms with van der Waals surface area (Å²) in [6.07, 6.45) is 3.88. The Bertz CT molecular complexity index is 504. The van der Waals surface area contributed by atoms with Gasteiger partial charge in [0.1, 0.15) is 0 Å². The third-order valence-corrected chi connectivity index (χ3v) is 5.07. The average Bonchev–Trinajstić information content (AvgIpc) is 2.90. The minimum absolute atomic E-state index is 0.203. The van der Waals surface area contributed by atoms with Gasteiger partial charge in [-0.3, -0.25) is 4.18 Å². The summed E-state index contributed by atoms with van der Waals surface area (Å²) < 4.78 is 29.7. The highest BCUT2D eigenvalue weighted by molar-refractivity contribution is 7.86. The Labute approximate surface area is 115 Å². The molecule has 0 spiro atoms. The summed E-state index contributed by atoms with van der Waals surface area (Å²) in [4.78, 5) is 0.203. The van der Waals surface area contributed by atoms with E-state index in [0.717, 1.165) is 31.2 Å². The van der Waals surface area contributed by atoms with E-state index in [1.807, 2.05) is 6.92 Å². The molecule has 1 unspecified atom stereocenters. The van der Waals surface area contributed by atoms with Crippen molar-refractivity contribution in [2.75, 3.05) is 6.54 Å². The lowest BCUT2D eigenvalue weighted by Crippen LogP contribution is -2.32. The topological polar surface area (TPSA) is 69.4 Å². The lowest BCUT2D eigenvalue weighted by Gasteiger charge is -2.21. The zero-order valence-electron chi connectivity index (χ0n) is 11.2. The molecule has 1 fully saturated rings. The van der Waals surface area contributed by atoms with Crippen LogP contribution < -0.4 is 5.73 Å². The molecule has 2 rings (SSSR count). The second-order valence-electron chi connectivity index (χ2n) is 5.18. The van der Waals surface area contributed by atoms with E-state index in [-0.39, 0.29) is 17.4 Å². The molecule has 5 heteroatoms. The quantitative estimate of drug-likeness (QED) is 0.841. The Hall–Kier alpha value is -0.910. The molecule has 0 radical (unpaired) electrons. The molecular formula is C14H21NO3S. The fraction of sp³-hybridized carbons (Fsp3) is 0.571. The van der Waals surface area contributed by atoms with Crippen LogP contribution in [0.2, 0.25) is 0 Å². The predicted molar refractivity (Wildman–Crippen MR) is 74.3 cm³/mol. The van der Waals surface area contributed by atoms with Gasteiger partial charge >= 0.3 is 0 Å². The highest BCUT2D eigenvalue weighted by Crippen LogP contribution is 2.30. The number of aryl methyl sites for hydroxylation is 1. The molecule has 0 aromatic heterocycles. The molecule has 1 aromatic carbocycles. The average molecular weight is 283 g/mol. The third-order valence-electron chi connectivity index (χ3n) is 3.72. The molecule has 1 saturated carbocycles. The summed E-state index contributed by atoms with van der Waals surface area (Å²) in [6, 6.07) is 6.69. The number of hydrogen-bond donors (Lipinski definition) is 1. The van der Waals surface area contributed by atoms with Gasteiger partial charge in [0.2, 0.25) is 0 Å². The molecule has 1 atom stereocenters. The summed E-state index contributed by atoms with van der Waals surface area (Å²) in [5, 5.41) is 0. The highest BCUT2D eigenvalue weighted by atomic mass is 32.2. The van der Waals surface area contributed by atoms with Crippen LogP contribution in [-0.2, 0) is 14.3 Å². The van der Waals surface area contributed by atoms with Gasteiger partial charge in [-0.25, -0.2) is 0 Å². The van der Waals surface area contributed by atoms with E-state index < -0.39 is 16.2 Å². The van der Waals surface area contributed by atoms with Gasteiger partial charge in [-0.05, 0) is 37.8 Å². The Kier molecular flexibility index (Phi) is 4.60. The fourth-order valence-electron chi connectivity index (χ4n) is 2.56. The van der Waals surface area contributed by atoms with Gasteiger partial charge in [0.25, 0.3) is 10.1 Å². The maximum absolute atomic E-state index is 12.2. The summed E-state index contributed by atoms with van der Waals surface area (Å²) in [5.74, 6) is 0.269. The standard InChI is InChI=1S/C14H21NO3S/c1-11-6-8-13(9-7-11)19(16,17)18-14(10-15)12-4-2-3-5-12/h6-9,12,14H,2-5,10,15H2,1H3. The smallest absolute Gasteiger partial charge is 0.297 e. The highest BCUT2D eigenvalue weighted by Gasteiger charge is 2.29. The van der Waals surface area contributed by atoms with Crippen molar-refractivity contribution in [2.24, 2.45) is 11.7 Å². The van der Waals surface area contributed by atoms with Crippen LogP contribution in [0.5, 0.6) is 0 Å². The summed E-state index contributed by atoms with van der Waals surface area (Å²) in [5.41, 5.74) is 6.69. The Balaban J connectivity index is 2.13. The van der Waals surface area contributed by atoms with Crippen molar-refractivity contribution in [2.45, 2.75) is 43.6 Å². The second-order valence-corrected chi connectivity index (χ2v) is 6.75. The zero-order valence-corrected chi connectivity index (χ0v) is 12.0. The number of rotatable bonds is 5. The van der Waals surface area contributed by atoms with Crippen LogP contribution in [0.25, 0.3) is 0 Å². The largest absolute Gasteiger partial charge is 0.328 e. The van der Waals surface area contributed by atoms with Gasteiger partial charge in [0.05, 0.1) is 11.0 Å². The fourth-order valence-corrected chi connectivity index (χ4v) is 3.70. The molecule has 4 nitrogen and oxygen atoms in total. The zero-order chi connectivity index (χ0) is 13.9. The van der Waals surface area contributed by atoms with Crippen LogP contribution in [-0.4, -0.2) is 21.1 Å². The van der Waals surface area contributed by atoms with E-state index in [1.165, 1.54) is 0 Å². The molecule has 1 aliphatic carbocycles. The Morgan fingerprint density at radius 2 is 1.84 bits per heavy atom. The molecular weight excluding hydrogens is 262 g/mol. The van der Waals surface area contributed by atoms with Gasteiger partial charge in [0, 0.05) is 6.54 Å². The minimum Gasteiger partial charge on any atom is -0.328 e. The van der Waals surface area contributed by atoms with E-state index >= 15 is 0 Å². The van der Waals surface area contributed by atoms with Gasteiger partial charge < -0.3 is 5.73 Å². The van der Waals surface area contributed by atoms with Crippen LogP contribution in [0, 0.1) is 12.8 Å².